The average molecular weight is 373 g/mol. The van der Waals surface area contributed by atoms with E-state index in [1.807, 2.05) is 30.3 Å². The first-order valence-electron chi connectivity index (χ1n) is 8.36. The Labute approximate surface area is 153 Å². The number of nitrogens with zero attached hydrogens (tertiary/aromatic N) is 3. The van der Waals surface area contributed by atoms with Crippen LogP contribution in [0.3, 0.4) is 0 Å². The molecule has 0 radical (unpaired) electrons. The van der Waals surface area contributed by atoms with E-state index in [4.69, 9.17) is 15.2 Å². The zero-order valence-electron chi connectivity index (χ0n) is 14.1. The standard InChI is InChI=1S/C17H19N5O3S/c18-14-13-15(21-16(20-14)26-9-6-12-24-7-8-25-12)22(17(23)19-13)10-11-4-2-1-3-5-11/h1-5,12H,6-10H2,(H,19,23)(H2,18,20,21). The number of fused-ring (bicyclic) bond motifs is 1. The maximum absolute atomic E-state index is 12.3. The van der Waals surface area contributed by atoms with Crippen LogP contribution in [0.4, 0.5) is 5.82 Å². The largest absolute Gasteiger partial charge is 0.382 e. The van der Waals surface area contributed by atoms with Gasteiger partial charge in [0.2, 0.25) is 0 Å². The first-order valence-corrected chi connectivity index (χ1v) is 9.35. The van der Waals surface area contributed by atoms with Crippen molar-refractivity contribution >= 4 is 28.7 Å². The number of benzene rings is 1. The van der Waals surface area contributed by atoms with Crippen molar-refractivity contribution in [1.29, 1.82) is 0 Å². The molecule has 3 heterocycles. The SMILES string of the molecule is Nc1nc(SCCC2OCCO2)nc2c1[nH]c(=O)n2Cc1ccccc1. The number of anilines is 1. The molecule has 1 fully saturated rings. The van der Waals surface area contributed by atoms with E-state index in [1.165, 1.54) is 11.8 Å². The third-order valence-corrected chi connectivity index (χ3v) is 4.97. The molecule has 136 valence electrons. The number of nitrogens with two attached hydrogens (primary N) is 1. The van der Waals surface area contributed by atoms with Crippen molar-refractivity contribution in [2.75, 3.05) is 24.7 Å². The summed E-state index contributed by atoms with van der Waals surface area (Å²) in [6.45, 7) is 1.70. The van der Waals surface area contributed by atoms with Gasteiger partial charge in [0, 0.05) is 12.2 Å². The van der Waals surface area contributed by atoms with Crippen molar-refractivity contribution in [1.82, 2.24) is 19.5 Å². The minimum absolute atomic E-state index is 0.160. The smallest absolute Gasteiger partial charge is 0.328 e. The highest BCUT2D eigenvalue weighted by molar-refractivity contribution is 7.99. The van der Waals surface area contributed by atoms with Gasteiger partial charge in [-0.3, -0.25) is 4.57 Å². The van der Waals surface area contributed by atoms with Crippen molar-refractivity contribution in [2.45, 2.75) is 24.4 Å². The van der Waals surface area contributed by atoms with Gasteiger partial charge in [0.15, 0.2) is 22.9 Å². The minimum atomic E-state index is -0.250. The summed E-state index contributed by atoms with van der Waals surface area (Å²) < 4.78 is 12.4. The third kappa shape index (κ3) is 3.59. The van der Waals surface area contributed by atoms with Crippen molar-refractivity contribution in [3.63, 3.8) is 0 Å². The number of thioether (sulfide) groups is 1. The summed E-state index contributed by atoms with van der Waals surface area (Å²) in [6, 6.07) is 9.74. The second kappa shape index (κ2) is 7.48. The summed E-state index contributed by atoms with van der Waals surface area (Å²) in [5.41, 5.74) is 7.78. The molecule has 0 spiro atoms. The number of H-pyrrole nitrogens is 1. The van der Waals surface area contributed by atoms with E-state index < -0.39 is 0 Å². The van der Waals surface area contributed by atoms with E-state index in [2.05, 4.69) is 15.0 Å². The number of aromatic nitrogens is 4. The van der Waals surface area contributed by atoms with Crippen molar-refractivity contribution in [3.05, 3.63) is 46.4 Å². The second-order valence-corrected chi connectivity index (χ2v) is 6.96. The fourth-order valence-electron chi connectivity index (χ4n) is 2.83. The summed E-state index contributed by atoms with van der Waals surface area (Å²) in [4.78, 5) is 23.9. The second-order valence-electron chi connectivity index (χ2n) is 5.90. The van der Waals surface area contributed by atoms with Gasteiger partial charge in [-0.2, -0.15) is 0 Å². The summed E-state index contributed by atoms with van der Waals surface area (Å²) in [5, 5.41) is 0.536. The Morgan fingerprint density at radius 2 is 2.00 bits per heavy atom. The first-order chi connectivity index (χ1) is 12.7. The molecule has 0 unspecified atom stereocenters. The van der Waals surface area contributed by atoms with Gasteiger partial charge >= 0.3 is 5.69 Å². The molecule has 4 rings (SSSR count). The number of imidazole rings is 1. The van der Waals surface area contributed by atoms with E-state index in [0.29, 0.717) is 36.1 Å². The predicted octanol–water partition coefficient (Wildman–Crippen LogP) is 1.61. The molecule has 0 bridgehead atoms. The number of nitrogen functional groups attached to an aromatic ring is 1. The number of hydrogen-bond acceptors (Lipinski definition) is 7. The molecule has 8 nitrogen and oxygen atoms in total. The number of hydrogen-bond donors (Lipinski definition) is 2. The summed E-state index contributed by atoms with van der Waals surface area (Å²) >= 11 is 1.47. The maximum atomic E-state index is 12.3. The van der Waals surface area contributed by atoms with Crippen molar-refractivity contribution in [3.8, 4) is 0 Å². The lowest BCUT2D eigenvalue weighted by Gasteiger charge is -2.08. The lowest BCUT2D eigenvalue weighted by molar-refractivity contribution is -0.0421. The summed E-state index contributed by atoms with van der Waals surface area (Å²) in [6.07, 6.45) is 0.586. The van der Waals surface area contributed by atoms with Gasteiger partial charge in [-0.1, -0.05) is 42.1 Å². The van der Waals surface area contributed by atoms with Crippen LogP contribution in [-0.2, 0) is 16.0 Å². The van der Waals surface area contributed by atoms with Gasteiger partial charge in [0.25, 0.3) is 0 Å². The molecule has 1 aliphatic rings. The molecule has 1 aromatic carbocycles. The molecule has 3 aromatic rings. The van der Waals surface area contributed by atoms with Crippen LogP contribution >= 0.6 is 11.8 Å². The Morgan fingerprint density at radius 1 is 1.23 bits per heavy atom. The number of aromatic amines is 1. The lowest BCUT2D eigenvalue weighted by atomic mass is 10.2. The van der Waals surface area contributed by atoms with Crippen LogP contribution in [0.5, 0.6) is 0 Å². The number of nitrogens with one attached hydrogen (secondary N) is 1. The quantitative estimate of drug-likeness (QED) is 0.499. The zero-order valence-corrected chi connectivity index (χ0v) is 14.9. The molecule has 2 aromatic heterocycles. The molecule has 3 N–H and O–H groups in total. The Bertz CT molecular complexity index is 950. The van der Waals surface area contributed by atoms with Gasteiger partial charge in [-0.05, 0) is 5.56 Å². The monoisotopic (exact) mass is 373 g/mol. The van der Waals surface area contributed by atoms with Crippen LogP contribution in [0.25, 0.3) is 11.2 Å². The fourth-order valence-corrected chi connectivity index (χ4v) is 3.64. The van der Waals surface area contributed by atoms with Crippen LogP contribution < -0.4 is 11.4 Å². The highest BCUT2D eigenvalue weighted by Crippen LogP contribution is 2.22. The van der Waals surface area contributed by atoms with Gasteiger partial charge in [-0.15, -0.1) is 0 Å². The van der Waals surface area contributed by atoms with E-state index in [-0.39, 0.29) is 17.8 Å². The van der Waals surface area contributed by atoms with Crippen molar-refractivity contribution < 1.29 is 9.47 Å². The summed E-state index contributed by atoms with van der Waals surface area (Å²) in [7, 11) is 0. The average Bonchev–Trinajstić information content (AvgIpc) is 3.26. The molecule has 1 aliphatic heterocycles. The molecule has 26 heavy (non-hydrogen) atoms. The number of rotatable bonds is 6. The Morgan fingerprint density at radius 3 is 2.77 bits per heavy atom. The molecule has 0 atom stereocenters. The lowest BCUT2D eigenvalue weighted by Crippen LogP contribution is -2.17. The van der Waals surface area contributed by atoms with E-state index in [0.717, 1.165) is 17.7 Å². The fraction of sp³-hybridized carbons (Fsp3) is 0.353. The molecule has 0 aliphatic carbocycles. The Balaban J connectivity index is 1.57. The van der Waals surface area contributed by atoms with Crippen LogP contribution in [0, 0.1) is 0 Å². The van der Waals surface area contributed by atoms with Crippen LogP contribution in [0.1, 0.15) is 12.0 Å². The van der Waals surface area contributed by atoms with Gasteiger partial charge in [0.1, 0.15) is 5.52 Å². The number of ether oxygens (including phenoxy) is 2. The molecule has 0 amide bonds. The van der Waals surface area contributed by atoms with Gasteiger partial charge in [-0.25, -0.2) is 14.8 Å². The molecule has 0 saturated carbocycles. The predicted molar refractivity (Wildman–Crippen MR) is 99.1 cm³/mol. The van der Waals surface area contributed by atoms with Crippen LogP contribution in [-0.4, -0.2) is 44.8 Å². The topological polar surface area (TPSA) is 108 Å². The Kier molecular flexibility index (Phi) is 4.91. The highest BCUT2D eigenvalue weighted by Gasteiger charge is 2.17. The molecule has 1 saturated heterocycles. The van der Waals surface area contributed by atoms with Gasteiger partial charge in [0.05, 0.1) is 19.8 Å². The third-order valence-electron chi connectivity index (χ3n) is 4.09. The molecular weight excluding hydrogens is 354 g/mol. The van der Waals surface area contributed by atoms with Gasteiger partial charge < -0.3 is 20.2 Å². The zero-order chi connectivity index (χ0) is 17.9. The van der Waals surface area contributed by atoms with Crippen LogP contribution in [0.2, 0.25) is 0 Å². The minimum Gasteiger partial charge on any atom is -0.382 e. The first kappa shape index (κ1) is 17.1. The Hall–Kier alpha value is -2.36. The van der Waals surface area contributed by atoms with Crippen molar-refractivity contribution in [2.24, 2.45) is 0 Å². The van der Waals surface area contributed by atoms with E-state index in [1.54, 1.807) is 4.57 Å². The molecule has 9 heteroatoms. The van der Waals surface area contributed by atoms with Crippen LogP contribution in [0.15, 0.2) is 40.3 Å². The normalized spacial score (nSPS) is 15.1. The summed E-state index contributed by atoms with van der Waals surface area (Å²) in [5.74, 6) is 1.01. The maximum Gasteiger partial charge on any atom is 0.328 e. The molecular formula is C17H19N5O3S. The van der Waals surface area contributed by atoms with E-state index >= 15 is 0 Å². The van der Waals surface area contributed by atoms with E-state index in [9.17, 15) is 4.79 Å². The highest BCUT2D eigenvalue weighted by atomic mass is 32.2.